The monoisotopic (exact) mass is 226 g/mol. The van der Waals surface area contributed by atoms with E-state index in [0.717, 1.165) is 6.42 Å². The second-order valence-electron chi connectivity index (χ2n) is 5.98. The molecular formula is C12H22N2S. The van der Waals surface area contributed by atoms with Crippen LogP contribution in [0.4, 0.5) is 0 Å². The molecule has 2 nitrogen and oxygen atoms in total. The van der Waals surface area contributed by atoms with Crippen LogP contribution in [0.1, 0.15) is 46.0 Å². The van der Waals surface area contributed by atoms with Crippen molar-refractivity contribution in [3.63, 3.8) is 0 Å². The Bertz CT molecular complexity index is 269. The molecule has 0 aromatic carbocycles. The first-order valence-corrected chi connectivity index (χ1v) is 6.38. The second kappa shape index (κ2) is 3.70. The molecule has 2 fully saturated rings. The fourth-order valence-corrected chi connectivity index (χ4v) is 3.10. The molecule has 0 aromatic rings. The van der Waals surface area contributed by atoms with Crippen LogP contribution in [0.5, 0.6) is 0 Å². The van der Waals surface area contributed by atoms with E-state index in [9.17, 15) is 0 Å². The van der Waals surface area contributed by atoms with Crippen molar-refractivity contribution < 1.29 is 0 Å². The summed E-state index contributed by atoms with van der Waals surface area (Å²) in [6.07, 6.45) is 6.26. The number of hydrogen-bond donors (Lipinski definition) is 1. The summed E-state index contributed by atoms with van der Waals surface area (Å²) in [5.41, 5.74) is 6.52. The van der Waals surface area contributed by atoms with Crippen molar-refractivity contribution >= 4 is 17.2 Å². The number of likely N-dealkylation sites (tertiary alicyclic amines) is 1. The van der Waals surface area contributed by atoms with Crippen molar-refractivity contribution in [2.24, 2.45) is 11.1 Å². The first-order chi connectivity index (χ1) is 6.94. The highest BCUT2D eigenvalue weighted by Crippen LogP contribution is 2.51. The summed E-state index contributed by atoms with van der Waals surface area (Å²) in [5, 5.41) is 0. The van der Waals surface area contributed by atoms with Crippen molar-refractivity contribution in [1.82, 2.24) is 4.90 Å². The van der Waals surface area contributed by atoms with Crippen molar-refractivity contribution in [1.29, 1.82) is 0 Å². The second-order valence-corrected chi connectivity index (χ2v) is 6.51. The standard InChI is InChI=1S/C12H22N2S/c1-11(2)4-3-7-14(11)9-12(5-6-12)8-10(13)15/h3-9H2,1-2H3,(H2,13,15). The maximum atomic E-state index is 5.67. The van der Waals surface area contributed by atoms with Gasteiger partial charge in [-0.2, -0.15) is 0 Å². The lowest BCUT2D eigenvalue weighted by atomic mass is 9.97. The number of nitrogens with two attached hydrogens (primary N) is 1. The van der Waals surface area contributed by atoms with Gasteiger partial charge in [0.15, 0.2) is 0 Å². The van der Waals surface area contributed by atoms with Crippen molar-refractivity contribution in [3.8, 4) is 0 Å². The van der Waals surface area contributed by atoms with Gasteiger partial charge in [0.05, 0.1) is 4.99 Å². The van der Waals surface area contributed by atoms with Crippen LogP contribution in [0.3, 0.4) is 0 Å². The van der Waals surface area contributed by atoms with Gasteiger partial charge in [-0.3, -0.25) is 4.90 Å². The summed E-state index contributed by atoms with van der Waals surface area (Å²) in [7, 11) is 0. The average molecular weight is 226 g/mol. The van der Waals surface area contributed by atoms with Crippen LogP contribution in [0, 0.1) is 5.41 Å². The molecule has 0 unspecified atom stereocenters. The molecule has 0 radical (unpaired) electrons. The van der Waals surface area contributed by atoms with Gasteiger partial charge < -0.3 is 5.73 Å². The number of thiocarbonyl (C=S) groups is 1. The highest BCUT2D eigenvalue weighted by Gasteiger charge is 2.47. The number of hydrogen-bond acceptors (Lipinski definition) is 2. The predicted molar refractivity (Wildman–Crippen MR) is 68.0 cm³/mol. The van der Waals surface area contributed by atoms with Gasteiger partial charge in [0.1, 0.15) is 0 Å². The molecule has 3 heteroatoms. The Labute approximate surface area is 98.2 Å². The van der Waals surface area contributed by atoms with Crippen LogP contribution in [-0.4, -0.2) is 28.5 Å². The molecule has 2 N–H and O–H groups in total. The fraction of sp³-hybridized carbons (Fsp3) is 0.917. The molecule has 1 aliphatic heterocycles. The van der Waals surface area contributed by atoms with E-state index in [-0.39, 0.29) is 0 Å². The zero-order chi connectivity index (χ0) is 11.1. The third-order valence-corrected chi connectivity index (χ3v) is 4.25. The lowest BCUT2D eigenvalue weighted by molar-refractivity contribution is 0.142. The van der Waals surface area contributed by atoms with Gasteiger partial charge in [0, 0.05) is 18.5 Å². The molecule has 0 spiro atoms. The van der Waals surface area contributed by atoms with Gasteiger partial charge in [-0.05, 0) is 51.5 Å². The Morgan fingerprint density at radius 3 is 2.40 bits per heavy atom. The highest BCUT2D eigenvalue weighted by molar-refractivity contribution is 7.80. The summed E-state index contributed by atoms with van der Waals surface area (Å²) in [6, 6.07) is 0. The van der Waals surface area contributed by atoms with E-state index in [1.165, 1.54) is 38.8 Å². The minimum absolute atomic E-state index is 0.395. The van der Waals surface area contributed by atoms with Crippen molar-refractivity contribution in [2.75, 3.05) is 13.1 Å². The Morgan fingerprint density at radius 1 is 1.33 bits per heavy atom. The molecule has 1 aliphatic carbocycles. The van der Waals surface area contributed by atoms with Crippen LogP contribution in [0.15, 0.2) is 0 Å². The van der Waals surface area contributed by atoms with Crippen molar-refractivity contribution in [3.05, 3.63) is 0 Å². The molecule has 86 valence electrons. The van der Waals surface area contributed by atoms with Crippen LogP contribution >= 0.6 is 12.2 Å². The zero-order valence-corrected chi connectivity index (χ0v) is 10.7. The summed E-state index contributed by atoms with van der Waals surface area (Å²) < 4.78 is 0. The van der Waals surface area contributed by atoms with Gasteiger partial charge in [-0.25, -0.2) is 0 Å². The molecule has 0 aromatic heterocycles. The maximum Gasteiger partial charge on any atom is 0.0733 e. The summed E-state index contributed by atoms with van der Waals surface area (Å²) in [5.74, 6) is 0. The average Bonchev–Trinajstić information content (AvgIpc) is 2.73. The van der Waals surface area contributed by atoms with Crippen molar-refractivity contribution in [2.45, 2.75) is 51.5 Å². The molecule has 1 heterocycles. The Hall–Kier alpha value is -0.150. The molecule has 1 saturated carbocycles. The summed E-state index contributed by atoms with van der Waals surface area (Å²) in [4.78, 5) is 3.34. The number of nitrogens with zero attached hydrogens (tertiary/aromatic N) is 1. The maximum absolute atomic E-state index is 5.67. The molecule has 15 heavy (non-hydrogen) atoms. The van der Waals surface area contributed by atoms with E-state index in [0.29, 0.717) is 15.9 Å². The topological polar surface area (TPSA) is 29.3 Å². The van der Waals surface area contributed by atoms with Gasteiger partial charge in [-0.1, -0.05) is 12.2 Å². The van der Waals surface area contributed by atoms with E-state index in [2.05, 4.69) is 18.7 Å². The molecule has 0 bridgehead atoms. The quantitative estimate of drug-likeness (QED) is 0.746. The first-order valence-electron chi connectivity index (χ1n) is 5.97. The zero-order valence-electron chi connectivity index (χ0n) is 9.88. The SMILES string of the molecule is CC1(C)CCCN1CC1(CC(N)=S)CC1. The van der Waals surface area contributed by atoms with E-state index in [4.69, 9.17) is 18.0 Å². The molecule has 0 amide bonds. The number of rotatable bonds is 4. The van der Waals surface area contributed by atoms with E-state index >= 15 is 0 Å². The largest absolute Gasteiger partial charge is 0.393 e. The summed E-state index contributed by atoms with van der Waals surface area (Å²) in [6.45, 7) is 7.18. The van der Waals surface area contributed by atoms with Crippen LogP contribution < -0.4 is 5.73 Å². The Morgan fingerprint density at radius 2 is 2.00 bits per heavy atom. The lowest BCUT2D eigenvalue weighted by Crippen LogP contribution is -2.42. The lowest BCUT2D eigenvalue weighted by Gasteiger charge is -2.34. The fourth-order valence-electron chi connectivity index (χ4n) is 2.80. The molecular weight excluding hydrogens is 204 g/mol. The summed E-state index contributed by atoms with van der Waals surface area (Å²) >= 11 is 5.04. The van der Waals surface area contributed by atoms with Crippen LogP contribution in [0.25, 0.3) is 0 Å². The van der Waals surface area contributed by atoms with Crippen LogP contribution in [0.2, 0.25) is 0 Å². The van der Waals surface area contributed by atoms with Gasteiger partial charge in [-0.15, -0.1) is 0 Å². The molecule has 2 aliphatic rings. The Balaban J connectivity index is 1.94. The minimum atomic E-state index is 0.395. The minimum Gasteiger partial charge on any atom is -0.393 e. The highest BCUT2D eigenvalue weighted by atomic mass is 32.1. The third kappa shape index (κ3) is 2.51. The Kier molecular flexibility index (Phi) is 2.80. The van der Waals surface area contributed by atoms with Gasteiger partial charge >= 0.3 is 0 Å². The predicted octanol–water partition coefficient (Wildman–Crippen LogP) is 2.32. The smallest absolute Gasteiger partial charge is 0.0733 e. The van der Waals surface area contributed by atoms with E-state index < -0.39 is 0 Å². The van der Waals surface area contributed by atoms with E-state index in [1.807, 2.05) is 0 Å². The van der Waals surface area contributed by atoms with E-state index in [1.54, 1.807) is 0 Å². The van der Waals surface area contributed by atoms with Crippen LogP contribution in [-0.2, 0) is 0 Å². The molecule has 2 rings (SSSR count). The van der Waals surface area contributed by atoms with Gasteiger partial charge in [0.25, 0.3) is 0 Å². The first kappa shape index (κ1) is 11.3. The molecule has 1 saturated heterocycles. The third-order valence-electron chi connectivity index (χ3n) is 4.11. The molecule has 0 atom stereocenters. The van der Waals surface area contributed by atoms with Gasteiger partial charge in [0.2, 0.25) is 0 Å². The normalized spacial score (nSPS) is 27.9.